The van der Waals surface area contributed by atoms with Crippen LogP contribution in [0.15, 0.2) is 24.3 Å². The Morgan fingerprint density at radius 1 is 1.15 bits per heavy atom. The lowest BCUT2D eigenvalue weighted by molar-refractivity contribution is 0.118. The summed E-state index contributed by atoms with van der Waals surface area (Å²) >= 11 is 0. The van der Waals surface area contributed by atoms with Gasteiger partial charge >= 0.3 is 0 Å². The molecule has 0 aliphatic heterocycles. The molecule has 1 aromatic carbocycles. The van der Waals surface area contributed by atoms with Crippen LogP contribution in [0.3, 0.4) is 0 Å². The summed E-state index contributed by atoms with van der Waals surface area (Å²) < 4.78 is 5.56. The molecule has 20 heavy (non-hydrogen) atoms. The molecule has 0 heterocycles. The predicted molar refractivity (Wildman–Crippen MR) is 82.9 cm³/mol. The Kier molecular flexibility index (Phi) is 4.42. The number of hydrogen-bond acceptors (Lipinski definition) is 2. The lowest BCUT2D eigenvalue weighted by Crippen LogP contribution is -2.45. The zero-order valence-electron chi connectivity index (χ0n) is 12.8. The Labute approximate surface area is 122 Å². The SMILES string of the molecule is CCOCC(C)NC1C2CCC1Cc1ccccc1C2. The third-order valence-electron chi connectivity index (χ3n) is 5.06. The van der Waals surface area contributed by atoms with E-state index < -0.39 is 0 Å². The molecule has 3 unspecified atom stereocenters. The Morgan fingerprint density at radius 3 is 2.30 bits per heavy atom. The van der Waals surface area contributed by atoms with Gasteiger partial charge in [-0.05, 0) is 62.5 Å². The molecule has 2 heteroatoms. The highest BCUT2D eigenvalue weighted by molar-refractivity contribution is 5.30. The van der Waals surface area contributed by atoms with E-state index in [1.165, 1.54) is 25.7 Å². The minimum absolute atomic E-state index is 0.462. The maximum atomic E-state index is 5.56. The second-order valence-corrected chi connectivity index (χ2v) is 6.53. The van der Waals surface area contributed by atoms with Crippen LogP contribution in [0.4, 0.5) is 0 Å². The van der Waals surface area contributed by atoms with Crippen LogP contribution in [0, 0.1) is 11.8 Å². The normalized spacial score (nSPS) is 29.8. The van der Waals surface area contributed by atoms with Gasteiger partial charge in [-0.15, -0.1) is 0 Å². The number of rotatable bonds is 5. The van der Waals surface area contributed by atoms with Crippen molar-refractivity contribution in [2.24, 2.45) is 11.8 Å². The number of benzene rings is 1. The molecule has 0 aromatic heterocycles. The van der Waals surface area contributed by atoms with E-state index in [1.807, 2.05) is 0 Å². The van der Waals surface area contributed by atoms with Gasteiger partial charge in [0.25, 0.3) is 0 Å². The summed E-state index contributed by atoms with van der Waals surface area (Å²) in [6.07, 6.45) is 5.29. The average Bonchev–Trinajstić information content (AvgIpc) is 2.71. The molecule has 0 radical (unpaired) electrons. The average molecular weight is 273 g/mol. The van der Waals surface area contributed by atoms with E-state index in [0.717, 1.165) is 25.0 Å². The van der Waals surface area contributed by atoms with Crippen molar-refractivity contribution in [2.75, 3.05) is 13.2 Å². The molecule has 1 fully saturated rings. The van der Waals surface area contributed by atoms with E-state index in [9.17, 15) is 0 Å². The second kappa shape index (κ2) is 6.28. The Hall–Kier alpha value is -0.860. The van der Waals surface area contributed by atoms with Gasteiger partial charge in [-0.2, -0.15) is 0 Å². The van der Waals surface area contributed by atoms with Gasteiger partial charge in [0.1, 0.15) is 0 Å². The van der Waals surface area contributed by atoms with Gasteiger partial charge in [0, 0.05) is 18.7 Å². The summed E-state index contributed by atoms with van der Waals surface area (Å²) in [4.78, 5) is 0. The molecule has 1 N–H and O–H groups in total. The Balaban J connectivity index is 1.69. The fraction of sp³-hybridized carbons (Fsp3) is 0.667. The molecule has 0 saturated heterocycles. The van der Waals surface area contributed by atoms with Crippen LogP contribution in [0.25, 0.3) is 0 Å². The minimum atomic E-state index is 0.462. The highest BCUT2D eigenvalue weighted by Crippen LogP contribution is 2.40. The van der Waals surface area contributed by atoms with Crippen molar-refractivity contribution in [3.63, 3.8) is 0 Å². The van der Waals surface area contributed by atoms with Crippen molar-refractivity contribution in [2.45, 2.75) is 51.6 Å². The topological polar surface area (TPSA) is 21.3 Å². The van der Waals surface area contributed by atoms with Gasteiger partial charge in [-0.3, -0.25) is 0 Å². The Morgan fingerprint density at radius 2 is 1.75 bits per heavy atom. The third-order valence-corrected chi connectivity index (χ3v) is 5.06. The molecular weight excluding hydrogens is 246 g/mol. The second-order valence-electron chi connectivity index (χ2n) is 6.53. The number of nitrogens with one attached hydrogen (secondary N) is 1. The van der Waals surface area contributed by atoms with Crippen LogP contribution in [0.1, 0.15) is 37.8 Å². The first-order valence-corrected chi connectivity index (χ1v) is 8.18. The van der Waals surface area contributed by atoms with Crippen molar-refractivity contribution in [3.8, 4) is 0 Å². The van der Waals surface area contributed by atoms with E-state index in [1.54, 1.807) is 11.1 Å². The lowest BCUT2D eigenvalue weighted by Gasteiger charge is -2.27. The van der Waals surface area contributed by atoms with Gasteiger partial charge in [0.2, 0.25) is 0 Å². The highest BCUT2D eigenvalue weighted by atomic mass is 16.5. The van der Waals surface area contributed by atoms with E-state index in [0.29, 0.717) is 12.1 Å². The monoisotopic (exact) mass is 273 g/mol. The minimum Gasteiger partial charge on any atom is -0.380 e. The molecule has 2 aliphatic rings. The summed E-state index contributed by atoms with van der Waals surface area (Å²) in [6, 6.07) is 10.2. The van der Waals surface area contributed by atoms with Crippen molar-refractivity contribution in [1.29, 1.82) is 0 Å². The Bertz CT molecular complexity index is 412. The molecule has 1 aromatic rings. The molecule has 110 valence electrons. The first-order valence-electron chi connectivity index (χ1n) is 8.18. The maximum Gasteiger partial charge on any atom is 0.0616 e. The van der Waals surface area contributed by atoms with Gasteiger partial charge in [-0.1, -0.05) is 24.3 Å². The molecular formula is C18H27NO. The molecule has 1 saturated carbocycles. The van der Waals surface area contributed by atoms with Crippen molar-refractivity contribution < 1.29 is 4.74 Å². The summed E-state index contributed by atoms with van der Waals surface area (Å²) in [7, 11) is 0. The maximum absolute atomic E-state index is 5.56. The van der Waals surface area contributed by atoms with Gasteiger partial charge in [-0.25, -0.2) is 0 Å². The molecule has 0 spiro atoms. The molecule has 2 bridgehead atoms. The van der Waals surface area contributed by atoms with Crippen molar-refractivity contribution >= 4 is 0 Å². The lowest BCUT2D eigenvalue weighted by atomic mass is 9.94. The van der Waals surface area contributed by atoms with Crippen LogP contribution in [-0.4, -0.2) is 25.3 Å². The first-order chi connectivity index (χ1) is 9.78. The highest BCUT2D eigenvalue weighted by Gasteiger charge is 2.39. The number of fused-ring (bicyclic) bond motifs is 3. The standard InChI is InChI=1S/C18H27NO/c1-3-20-12-13(2)19-18-16-8-9-17(18)11-15-7-5-4-6-14(15)10-16/h4-7,13,16-19H,3,8-12H2,1-2H3. The van der Waals surface area contributed by atoms with Crippen molar-refractivity contribution in [3.05, 3.63) is 35.4 Å². The smallest absolute Gasteiger partial charge is 0.0616 e. The first kappa shape index (κ1) is 14.1. The fourth-order valence-electron chi connectivity index (χ4n) is 4.09. The largest absolute Gasteiger partial charge is 0.380 e. The molecule has 2 aliphatic carbocycles. The number of ether oxygens (including phenoxy) is 1. The van der Waals surface area contributed by atoms with Crippen molar-refractivity contribution in [1.82, 2.24) is 5.32 Å². The molecule has 3 atom stereocenters. The van der Waals surface area contributed by atoms with Gasteiger partial charge in [0.15, 0.2) is 0 Å². The summed E-state index contributed by atoms with van der Waals surface area (Å²) in [5.74, 6) is 1.63. The van der Waals surface area contributed by atoms with E-state index >= 15 is 0 Å². The van der Waals surface area contributed by atoms with Gasteiger partial charge in [0.05, 0.1) is 6.61 Å². The summed E-state index contributed by atoms with van der Waals surface area (Å²) in [5, 5.41) is 3.87. The fourth-order valence-corrected chi connectivity index (χ4v) is 4.09. The van der Waals surface area contributed by atoms with E-state index in [4.69, 9.17) is 4.74 Å². The quantitative estimate of drug-likeness (QED) is 0.889. The van der Waals surface area contributed by atoms with Crippen LogP contribution in [-0.2, 0) is 17.6 Å². The molecule has 3 rings (SSSR count). The summed E-state index contributed by atoms with van der Waals surface area (Å²) in [6.45, 7) is 5.97. The zero-order chi connectivity index (χ0) is 13.9. The van der Waals surface area contributed by atoms with Crippen LogP contribution in [0.5, 0.6) is 0 Å². The molecule has 0 amide bonds. The zero-order valence-corrected chi connectivity index (χ0v) is 12.8. The third kappa shape index (κ3) is 2.91. The predicted octanol–water partition coefficient (Wildman–Crippen LogP) is 3.19. The van der Waals surface area contributed by atoms with E-state index in [2.05, 4.69) is 43.4 Å². The van der Waals surface area contributed by atoms with Crippen LogP contribution in [0.2, 0.25) is 0 Å². The number of hydrogen-bond donors (Lipinski definition) is 1. The van der Waals surface area contributed by atoms with E-state index in [-0.39, 0.29) is 0 Å². The van der Waals surface area contributed by atoms with Crippen LogP contribution < -0.4 is 5.32 Å². The molecule has 2 nitrogen and oxygen atoms in total. The van der Waals surface area contributed by atoms with Crippen LogP contribution >= 0.6 is 0 Å². The van der Waals surface area contributed by atoms with Gasteiger partial charge < -0.3 is 10.1 Å². The summed E-state index contributed by atoms with van der Waals surface area (Å²) in [5.41, 5.74) is 3.17.